The van der Waals surface area contributed by atoms with E-state index in [1.807, 2.05) is 31.2 Å². The van der Waals surface area contributed by atoms with Crippen molar-refractivity contribution in [2.45, 2.75) is 13.5 Å². The summed E-state index contributed by atoms with van der Waals surface area (Å²) in [5.41, 5.74) is 2.44. The predicted octanol–water partition coefficient (Wildman–Crippen LogP) is 6.52. The van der Waals surface area contributed by atoms with Gasteiger partial charge in [0.1, 0.15) is 12.4 Å². The number of carbonyl (C=O) groups excluding carboxylic acids is 1. The van der Waals surface area contributed by atoms with Crippen LogP contribution in [0.5, 0.6) is 11.5 Å². The molecule has 3 aromatic rings. The maximum Gasteiger partial charge on any atom is 0.363 e. The van der Waals surface area contributed by atoms with Crippen molar-refractivity contribution in [2.75, 3.05) is 6.61 Å². The molecule has 0 N–H and O–H groups in total. The van der Waals surface area contributed by atoms with E-state index >= 15 is 0 Å². The molecule has 33 heavy (non-hydrogen) atoms. The van der Waals surface area contributed by atoms with E-state index in [1.165, 1.54) is 12.1 Å². The van der Waals surface area contributed by atoms with Crippen molar-refractivity contribution in [1.82, 2.24) is 0 Å². The molecule has 168 valence electrons. The van der Waals surface area contributed by atoms with Crippen molar-refractivity contribution in [3.63, 3.8) is 0 Å². The molecule has 0 amide bonds. The molecule has 0 saturated carbocycles. The lowest BCUT2D eigenvalue weighted by Gasteiger charge is -2.15. The zero-order valence-corrected chi connectivity index (χ0v) is 21.2. The minimum atomic E-state index is -0.519. The van der Waals surface area contributed by atoms with Gasteiger partial charge in [-0.15, -0.1) is 0 Å². The van der Waals surface area contributed by atoms with Crippen LogP contribution in [0.3, 0.4) is 0 Å². The van der Waals surface area contributed by atoms with Gasteiger partial charge in [0.2, 0.25) is 5.90 Å². The molecule has 0 spiro atoms. The first-order chi connectivity index (χ1) is 15.9. The largest absolute Gasteiger partial charge is 0.490 e. The van der Waals surface area contributed by atoms with Crippen LogP contribution in [0.2, 0.25) is 0 Å². The second-order valence-corrected chi connectivity index (χ2v) is 9.12. The highest BCUT2D eigenvalue weighted by Gasteiger charge is 2.24. The highest BCUT2D eigenvalue weighted by molar-refractivity contribution is 14.1. The number of nitrogens with zero attached hydrogens (tertiary/aromatic N) is 1. The van der Waals surface area contributed by atoms with Crippen molar-refractivity contribution in [3.8, 4) is 11.5 Å². The number of halogens is 3. The average Bonchev–Trinajstić information content (AvgIpc) is 3.15. The van der Waals surface area contributed by atoms with Gasteiger partial charge in [-0.1, -0.05) is 12.1 Å². The smallest absolute Gasteiger partial charge is 0.363 e. The summed E-state index contributed by atoms with van der Waals surface area (Å²) in [5.74, 6) is 0.473. The summed E-state index contributed by atoms with van der Waals surface area (Å²) in [7, 11) is 0. The molecule has 0 aliphatic carbocycles. The maximum atomic E-state index is 13.1. The van der Waals surface area contributed by atoms with Gasteiger partial charge in [0, 0.05) is 9.13 Å². The SMILES string of the molecule is CCOc1cc(/C=C2\N=C(c3ccc(I)cc3)OC2=O)cc(Br)c1OCc1ccc(F)cc1. The lowest BCUT2D eigenvalue weighted by atomic mass is 10.1. The molecule has 0 fully saturated rings. The fourth-order valence-corrected chi connectivity index (χ4v) is 4.03. The van der Waals surface area contributed by atoms with Gasteiger partial charge >= 0.3 is 5.97 Å². The van der Waals surface area contributed by atoms with E-state index < -0.39 is 5.97 Å². The Kier molecular flexibility index (Phi) is 7.44. The molecule has 0 aromatic heterocycles. The monoisotopic (exact) mass is 621 g/mol. The predicted molar refractivity (Wildman–Crippen MR) is 136 cm³/mol. The molecular weight excluding hydrogens is 604 g/mol. The third-order valence-corrected chi connectivity index (χ3v) is 5.95. The van der Waals surface area contributed by atoms with Crippen LogP contribution < -0.4 is 9.47 Å². The van der Waals surface area contributed by atoms with Crippen LogP contribution >= 0.6 is 38.5 Å². The highest BCUT2D eigenvalue weighted by atomic mass is 127. The first-order valence-electron chi connectivity index (χ1n) is 10.0. The normalized spacial score (nSPS) is 14.2. The molecule has 4 rings (SSSR count). The number of aliphatic imine (C=N–C) groups is 1. The van der Waals surface area contributed by atoms with Crippen LogP contribution in [0, 0.1) is 9.39 Å². The summed E-state index contributed by atoms with van der Waals surface area (Å²) in [6.07, 6.45) is 1.64. The summed E-state index contributed by atoms with van der Waals surface area (Å²) >= 11 is 5.73. The number of ether oxygens (including phenoxy) is 3. The van der Waals surface area contributed by atoms with E-state index in [1.54, 1.807) is 30.3 Å². The highest BCUT2D eigenvalue weighted by Crippen LogP contribution is 2.38. The summed E-state index contributed by atoms with van der Waals surface area (Å²) in [6.45, 7) is 2.54. The number of benzene rings is 3. The van der Waals surface area contributed by atoms with E-state index in [2.05, 4.69) is 43.5 Å². The lowest BCUT2D eigenvalue weighted by Crippen LogP contribution is -2.05. The van der Waals surface area contributed by atoms with Crippen LogP contribution in [0.4, 0.5) is 4.39 Å². The third-order valence-electron chi connectivity index (χ3n) is 4.64. The second-order valence-electron chi connectivity index (χ2n) is 7.02. The summed E-state index contributed by atoms with van der Waals surface area (Å²) < 4.78 is 31.9. The molecular formula is C25H18BrFINO4. The Morgan fingerprint density at radius 1 is 1.09 bits per heavy atom. The molecule has 1 aliphatic heterocycles. The molecule has 1 heterocycles. The summed E-state index contributed by atoms with van der Waals surface area (Å²) in [4.78, 5) is 16.7. The minimum absolute atomic E-state index is 0.192. The maximum absolute atomic E-state index is 13.1. The number of carbonyl (C=O) groups is 1. The standard InChI is InChI=1S/C25H18BrFINO4/c1-2-31-22-13-16(11-20(26)23(22)32-14-15-3-7-18(27)8-4-15)12-21-25(30)33-24(29-21)17-5-9-19(28)10-6-17/h3-13H,2,14H2,1H3/b21-12-. The molecule has 5 nitrogen and oxygen atoms in total. The van der Waals surface area contributed by atoms with Gasteiger partial charge in [0.25, 0.3) is 0 Å². The molecule has 0 saturated heterocycles. The quantitative estimate of drug-likeness (QED) is 0.171. The first kappa shape index (κ1) is 23.4. The van der Waals surface area contributed by atoms with Gasteiger partial charge in [0.05, 0.1) is 11.1 Å². The molecule has 8 heteroatoms. The Bertz CT molecular complexity index is 1240. The van der Waals surface area contributed by atoms with Crippen LogP contribution in [0.15, 0.2) is 75.8 Å². The van der Waals surface area contributed by atoms with E-state index in [0.717, 1.165) is 14.7 Å². The molecule has 0 atom stereocenters. The van der Waals surface area contributed by atoms with Crippen molar-refractivity contribution < 1.29 is 23.4 Å². The fourth-order valence-electron chi connectivity index (χ4n) is 3.09. The van der Waals surface area contributed by atoms with Crippen molar-refractivity contribution >= 4 is 56.5 Å². The zero-order valence-electron chi connectivity index (χ0n) is 17.5. The number of esters is 1. The van der Waals surface area contributed by atoms with Crippen molar-refractivity contribution in [3.05, 3.63) is 96.9 Å². The van der Waals surface area contributed by atoms with Gasteiger partial charge in [-0.2, -0.15) is 0 Å². The van der Waals surface area contributed by atoms with Gasteiger partial charge in [-0.05, 0) is 111 Å². The summed E-state index contributed by atoms with van der Waals surface area (Å²) in [5, 5.41) is 0. The number of hydrogen-bond donors (Lipinski definition) is 0. The van der Waals surface area contributed by atoms with Crippen LogP contribution in [0.25, 0.3) is 6.08 Å². The van der Waals surface area contributed by atoms with E-state index in [-0.39, 0.29) is 24.0 Å². The van der Waals surface area contributed by atoms with Gasteiger partial charge in [-0.3, -0.25) is 0 Å². The number of cyclic esters (lactones) is 1. The first-order valence-corrected chi connectivity index (χ1v) is 11.9. The molecule has 0 bridgehead atoms. The topological polar surface area (TPSA) is 57.1 Å². The van der Waals surface area contributed by atoms with E-state index in [0.29, 0.717) is 28.1 Å². The Balaban J connectivity index is 1.60. The Labute approximate surface area is 212 Å². The van der Waals surface area contributed by atoms with Gasteiger partial charge in [-0.25, -0.2) is 14.2 Å². The molecule has 0 unspecified atom stereocenters. The second kappa shape index (κ2) is 10.5. The van der Waals surface area contributed by atoms with E-state index in [4.69, 9.17) is 14.2 Å². The third kappa shape index (κ3) is 5.80. The van der Waals surface area contributed by atoms with Crippen LogP contribution in [-0.4, -0.2) is 18.5 Å². The van der Waals surface area contributed by atoms with Gasteiger partial charge < -0.3 is 14.2 Å². The van der Waals surface area contributed by atoms with Crippen LogP contribution in [0.1, 0.15) is 23.6 Å². The molecule has 3 aromatic carbocycles. The van der Waals surface area contributed by atoms with E-state index in [9.17, 15) is 9.18 Å². The average molecular weight is 622 g/mol. The lowest BCUT2D eigenvalue weighted by molar-refractivity contribution is -0.129. The van der Waals surface area contributed by atoms with Crippen LogP contribution in [-0.2, 0) is 16.1 Å². The van der Waals surface area contributed by atoms with Crippen molar-refractivity contribution in [2.24, 2.45) is 4.99 Å². The fraction of sp³-hybridized carbons (Fsp3) is 0.120. The molecule has 1 aliphatic rings. The summed E-state index contributed by atoms with van der Waals surface area (Å²) in [6, 6.07) is 17.2. The number of hydrogen-bond acceptors (Lipinski definition) is 5. The minimum Gasteiger partial charge on any atom is -0.490 e. The Morgan fingerprint density at radius 3 is 2.52 bits per heavy atom. The number of rotatable bonds is 7. The zero-order chi connectivity index (χ0) is 23.4. The van der Waals surface area contributed by atoms with Crippen molar-refractivity contribution in [1.29, 1.82) is 0 Å². The Morgan fingerprint density at radius 2 is 1.82 bits per heavy atom. The molecule has 0 radical (unpaired) electrons. The van der Waals surface area contributed by atoms with Gasteiger partial charge in [0.15, 0.2) is 17.2 Å². The Hall–Kier alpha value is -2.72.